The summed E-state index contributed by atoms with van der Waals surface area (Å²) in [5, 5.41) is 9.06. The van der Waals surface area contributed by atoms with E-state index in [9.17, 15) is 4.79 Å². The lowest BCUT2D eigenvalue weighted by molar-refractivity contribution is 0.0693. The van der Waals surface area contributed by atoms with Crippen LogP contribution in [-0.4, -0.2) is 42.5 Å². The van der Waals surface area contributed by atoms with Gasteiger partial charge in [-0.15, -0.1) is 0 Å². The molecule has 0 spiro atoms. The van der Waals surface area contributed by atoms with Crippen molar-refractivity contribution in [3.05, 3.63) is 42.0 Å². The van der Waals surface area contributed by atoms with Gasteiger partial charge in [0.15, 0.2) is 0 Å². The average molecular weight is 261 g/mol. The van der Waals surface area contributed by atoms with Crippen molar-refractivity contribution in [3.8, 4) is 0 Å². The third-order valence-electron chi connectivity index (χ3n) is 2.78. The highest BCUT2D eigenvalue weighted by atomic mass is 16.4. The van der Waals surface area contributed by atoms with Gasteiger partial charge in [-0.05, 0) is 7.05 Å². The molecule has 0 unspecified atom stereocenters. The summed E-state index contributed by atoms with van der Waals surface area (Å²) in [5.74, 6) is -0.102. The van der Waals surface area contributed by atoms with Crippen LogP contribution >= 0.6 is 0 Å². The molecule has 19 heavy (non-hydrogen) atoms. The van der Waals surface area contributed by atoms with Crippen molar-refractivity contribution in [2.75, 3.05) is 7.05 Å². The number of hydrogen-bond donors (Lipinski definition) is 1. The van der Waals surface area contributed by atoms with Crippen LogP contribution in [0.1, 0.15) is 21.9 Å². The summed E-state index contributed by atoms with van der Waals surface area (Å²) in [6.07, 6.45) is 6.28. The van der Waals surface area contributed by atoms with E-state index in [1.807, 2.05) is 29.8 Å². The molecule has 100 valence electrons. The Morgan fingerprint density at radius 1 is 1.42 bits per heavy atom. The van der Waals surface area contributed by atoms with Crippen molar-refractivity contribution in [3.63, 3.8) is 0 Å². The van der Waals surface area contributed by atoms with Crippen molar-refractivity contribution in [1.29, 1.82) is 0 Å². The molecule has 2 aromatic heterocycles. The minimum absolute atomic E-state index is 0.134. The number of nitrogens with zero attached hydrogens (tertiary/aromatic N) is 5. The molecule has 0 aliphatic rings. The molecular weight excluding hydrogens is 246 g/mol. The number of hydrogen-bond acceptors (Lipinski definition) is 5. The summed E-state index contributed by atoms with van der Waals surface area (Å²) in [6, 6.07) is 0. The van der Waals surface area contributed by atoms with E-state index in [1.54, 1.807) is 6.20 Å². The highest BCUT2D eigenvalue weighted by Gasteiger charge is 2.14. The number of carbonyl (C=O) groups is 1. The summed E-state index contributed by atoms with van der Waals surface area (Å²) in [5.41, 5.74) is 0.633. The van der Waals surface area contributed by atoms with Gasteiger partial charge in [-0.2, -0.15) is 0 Å². The second-order valence-electron chi connectivity index (χ2n) is 4.31. The van der Waals surface area contributed by atoms with E-state index < -0.39 is 5.97 Å². The summed E-state index contributed by atoms with van der Waals surface area (Å²) in [4.78, 5) is 25.0. The summed E-state index contributed by atoms with van der Waals surface area (Å²) in [6.45, 7) is 1.05. The normalized spacial score (nSPS) is 10.9. The fourth-order valence-electron chi connectivity index (χ4n) is 1.76. The molecule has 0 aromatic carbocycles. The topological polar surface area (TPSA) is 84.1 Å². The maximum absolute atomic E-state index is 11.1. The van der Waals surface area contributed by atoms with Gasteiger partial charge in [-0.1, -0.05) is 0 Å². The minimum Gasteiger partial charge on any atom is -0.478 e. The molecule has 0 saturated carbocycles. The van der Waals surface area contributed by atoms with Gasteiger partial charge in [-0.25, -0.2) is 19.7 Å². The fourth-order valence-corrected chi connectivity index (χ4v) is 1.76. The molecule has 7 nitrogen and oxygen atoms in total. The summed E-state index contributed by atoms with van der Waals surface area (Å²) >= 11 is 0. The molecule has 2 rings (SSSR count). The molecule has 1 N–H and O–H groups in total. The van der Waals surface area contributed by atoms with E-state index in [0.717, 1.165) is 5.82 Å². The van der Waals surface area contributed by atoms with Gasteiger partial charge in [-0.3, -0.25) is 4.90 Å². The first kappa shape index (κ1) is 13.2. The van der Waals surface area contributed by atoms with Crippen LogP contribution in [-0.2, 0) is 20.1 Å². The Balaban J connectivity index is 2.09. The Labute approximate surface area is 110 Å². The first-order valence-electron chi connectivity index (χ1n) is 5.75. The first-order chi connectivity index (χ1) is 9.08. The highest BCUT2D eigenvalue weighted by molar-refractivity contribution is 5.88. The van der Waals surface area contributed by atoms with Crippen molar-refractivity contribution < 1.29 is 9.90 Å². The fraction of sp³-hybridized carbons (Fsp3) is 0.333. The van der Waals surface area contributed by atoms with Crippen molar-refractivity contribution in [2.45, 2.75) is 13.1 Å². The summed E-state index contributed by atoms with van der Waals surface area (Å²) < 4.78 is 1.93. The largest absolute Gasteiger partial charge is 0.478 e. The Hall–Kier alpha value is -2.28. The zero-order valence-electron chi connectivity index (χ0n) is 10.8. The Morgan fingerprint density at radius 2 is 2.21 bits per heavy atom. The second-order valence-corrected chi connectivity index (χ2v) is 4.31. The zero-order valence-corrected chi connectivity index (χ0v) is 10.8. The molecule has 0 fully saturated rings. The lowest BCUT2D eigenvalue weighted by Crippen LogP contribution is -2.22. The second kappa shape index (κ2) is 5.57. The number of aryl methyl sites for hydroxylation is 1. The van der Waals surface area contributed by atoms with Gasteiger partial charge in [0, 0.05) is 32.2 Å². The quantitative estimate of drug-likeness (QED) is 0.845. The van der Waals surface area contributed by atoms with Crippen molar-refractivity contribution in [1.82, 2.24) is 24.4 Å². The van der Waals surface area contributed by atoms with E-state index in [4.69, 9.17) is 5.11 Å². The lowest BCUT2D eigenvalue weighted by atomic mass is 10.2. The molecule has 0 aliphatic carbocycles. The molecule has 2 aromatic rings. The molecule has 7 heteroatoms. The molecular formula is C12H15N5O2. The number of rotatable bonds is 5. The highest BCUT2D eigenvalue weighted by Crippen LogP contribution is 2.08. The SMILES string of the molecule is CN(Cc1ncncc1C(=O)O)Cc1nccn1C. The predicted molar refractivity (Wildman–Crippen MR) is 67.4 cm³/mol. The van der Waals surface area contributed by atoms with E-state index in [0.29, 0.717) is 18.8 Å². The van der Waals surface area contributed by atoms with Gasteiger partial charge in [0.2, 0.25) is 0 Å². The van der Waals surface area contributed by atoms with Crippen molar-refractivity contribution in [2.24, 2.45) is 7.05 Å². The van der Waals surface area contributed by atoms with Gasteiger partial charge in [0.1, 0.15) is 17.7 Å². The van der Waals surface area contributed by atoms with Crippen LogP contribution in [0.3, 0.4) is 0 Å². The van der Waals surface area contributed by atoms with Gasteiger partial charge in [0.25, 0.3) is 0 Å². The maximum Gasteiger partial charge on any atom is 0.339 e. The third kappa shape index (κ3) is 3.14. The van der Waals surface area contributed by atoms with Crippen LogP contribution in [0.5, 0.6) is 0 Å². The van der Waals surface area contributed by atoms with E-state index >= 15 is 0 Å². The van der Waals surface area contributed by atoms with Gasteiger partial charge in [0.05, 0.1) is 12.2 Å². The monoisotopic (exact) mass is 261 g/mol. The molecule has 2 heterocycles. The Morgan fingerprint density at radius 3 is 2.84 bits per heavy atom. The Bertz CT molecular complexity index is 581. The molecule has 0 radical (unpaired) electrons. The van der Waals surface area contributed by atoms with Crippen LogP contribution in [0.2, 0.25) is 0 Å². The van der Waals surface area contributed by atoms with E-state index in [1.165, 1.54) is 12.5 Å². The van der Waals surface area contributed by atoms with Crippen molar-refractivity contribution >= 4 is 5.97 Å². The third-order valence-corrected chi connectivity index (χ3v) is 2.78. The van der Waals surface area contributed by atoms with Crippen LogP contribution in [0.15, 0.2) is 24.9 Å². The lowest BCUT2D eigenvalue weighted by Gasteiger charge is -2.16. The van der Waals surface area contributed by atoms with Gasteiger partial charge < -0.3 is 9.67 Å². The molecule has 0 atom stereocenters. The number of carboxylic acids is 1. The van der Waals surface area contributed by atoms with Gasteiger partial charge >= 0.3 is 5.97 Å². The van der Waals surface area contributed by atoms with E-state index in [2.05, 4.69) is 15.0 Å². The molecule has 0 amide bonds. The predicted octanol–water partition coefficient (Wildman–Crippen LogP) is 0.540. The first-order valence-corrected chi connectivity index (χ1v) is 5.75. The maximum atomic E-state index is 11.1. The van der Waals surface area contributed by atoms with Crippen LogP contribution in [0.4, 0.5) is 0 Å². The van der Waals surface area contributed by atoms with Crippen LogP contribution in [0.25, 0.3) is 0 Å². The zero-order chi connectivity index (χ0) is 13.8. The molecule has 0 bridgehead atoms. The number of aromatic nitrogens is 4. The molecule has 0 saturated heterocycles. The van der Waals surface area contributed by atoms with E-state index in [-0.39, 0.29) is 5.56 Å². The van der Waals surface area contributed by atoms with Crippen LogP contribution in [0, 0.1) is 0 Å². The molecule has 0 aliphatic heterocycles. The number of aromatic carboxylic acids is 1. The standard InChI is InChI=1S/C12H15N5O2/c1-16(7-11-14-3-4-17(11)2)6-10-9(12(18)19)5-13-8-15-10/h3-5,8H,6-7H2,1-2H3,(H,18,19). The smallest absolute Gasteiger partial charge is 0.339 e. The average Bonchev–Trinajstić information content (AvgIpc) is 2.75. The number of carboxylic acid groups (broad SMARTS) is 1. The van der Waals surface area contributed by atoms with Crippen LogP contribution < -0.4 is 0 Å². The minimum atomic E-state index is -1.01. The number of imidazole rings is 1. The summed E-state index contributed by atoms with van der Waals surface area (Å²) in [7, 11) is 3.81. The Kier molecular flexibility index (Phi) is 3.86.